The summed E-state index contributed by atoms with van der Waals surface area (Å²) in [7, 11) is 1.61. The zero-order valence-electron chi connectivity index (χ0n) is 18.5. The Morgan fingerprint density at radius 1 is 1.26 bits per heavy atom. The van der Waals surface area contributed by atoms with Crippen molar-refractivity contribution in [3.8, 4) is 11.6 Å². The van der Waals surface area contributed by atoms with Gasteiger partial charge in [0, 0.05) is 43.4 Å². The lowest BCUT2D eigenvalue weighted by molar-refractivity contribution is 0.166. The van der Waals surface area contributed by atoms with Crippen molar-refractivity contribution in [2.24, 2.45) is 10.9 Å². The lowest BCUT2D eigenvalue weighted by atomic mass is 10.1. The van der Waals surface area contributed by atoms with Gasteiger partial charge in [-0.25, -0.2) is 9.98 Å². The molecule has 1 fully saturated rings. The number of nitrogens with one attached hydrogen (secondary N) is 2. The lowest BCUT2D eigenvalue weighted by Gasteiger charge is -2.17. The molecule has 2 aromatic rings. The van der Waals surface area contributed by atoms with Crippen LogP contribution in [0.5, 0.6) is 11.6 Å². The molecule has 0 amide bonds. The highest BCUT2D eigenvalue weighted by Crippen LogP contribution is 2.22. The Balaban J connectivity index is 0.00000341. The van der Waals surface area contributed by atoms with E-state index in [0.29, 0.717) is 31.5 Å². The molecule has 0 saturated carbocycles. The van der Waals surface area contributed by atoms with Gasteiger partial charge in [0.15, 0.2) is 5.96 Å². The molecule has 0 spiro atoms. The average molecular weight is 540 g/mol. The standard InChI is InChI=1S/C23H32N4O3.HI/c1-4-24-23(26-13-18-7-9-25-22(12-18)28-3)27-14-20-6-5-17(2)11-21(20)30-16-19-8-10-29-15-19;/h5-7,9,11-12,19H,4,8,10,13-16H2,1-3H3,(H2,24,26,27);1H. The van der Waals surface area contributed by atoms with Crippen LogP contribution in [0.2, 0.25) is 0 Å². The Morgan fingerprint density at radius 3 is 2.87 bits per heavy atom. The van der Waals surface area contributed by atoms with E-state index < -0.39 is 0 Å². The number of aromatic nitrogens is 1. The number of nitrogens with zero attached hydrogens (tertiary/aromatic N) is 2. The fourth-order valence-electron chi connectivity index (χ4n) is 3.22. The number of methoxy groups -OCH3 is 1. The predicted molar refractivity (Wildman–Crippen MR) is 133 cm³/mol. The van der Waals surface area contributed by atoms with Crippen LogP contribution in [0.3, 0.4) is 0 Å². The Hall–Kier alpha value is -2.07. The number of aryl methyl sites for hydroxylation is 1. The molecule has 2 heterocycles. The van der Waals surface area contributed by atoms with Gasteiger partial charge in [0.2, 0.25) is 5.88 Å². The molecule has 31 heavy (non-hydrogen) atoms. The van der Waals surface area contributed by atoms with Crippen LogP contribution in [-0.2, 0) is 17.8 Å². The van der Waals surface area contributed by atoms with Crippen LogP contribution >= 0.6 is 24.0 Å². The molecule has 1 aromatic heterocycles. The van der Waals surface area contributed by atoms with Gasteiger partial charge in [0.05, 0.1) is 26.9 Å². The largest absolute Gasteiger partial charge is 0.493 e. The summed E-state index contributed by atoms with van der Waals surface area (Å²) >= 11 is 0. The van der Waals surface area contributed by atoms with Crippen molar-refractivity contribution in [1.82, 2.24) is 15.6 Å². The first kappa shape index (κ1) is 25.2. The number of pyridine rings is 1. The van der Waals surface area contributed by atoms with Crippen molar-refractivity contribution in [1.29, 1.82) is 0 Å². The molecule has 0 radical (unpaired) electrons. The first-order valence-electron chi connectivity index (χ1n) is 10.5. The molecule has 0 bridgehead atoms. The van der Waals surface area contributed by atoms with Gasteiger partial charge in [0.25, 0.3) is 0 Å². The Labute approximate surface area is 202 Å². The van der Waals surface area contributed by atoms with Crippen molar-refractivity contribution in [2.45, 2.75) is 33.4 Å². The first-order valence-corrected chi connectivity index (χ1v) is 10.5. The summed E-state index contributed by atoms with van der Waals surface area (Å²) in [5.74, 6) is 2.74. The Morgan fingerprint density at radius 2 is 2.13 bits per heavy atom. The van der Waals surface area contributed by atoms with Gasteiger partial charge >= 0.3 is 0 Å². The number of guanidine groups is 1. The number of rotatable bonds is 9. The molecule has 0 aliphatic carbocycles. The van der Waals surface area contributed by atoms with Crippen LogP contribution in [0.4, 0.5) is 0 Å². The molecule has 1 aromatic carbocycles. The summed E-state index contributed by atoms with van der Waals surface area (Å²) in [5.41, 5.74) is 3.33. The van der Waals surface area contributed by atoms with E-state index >= 15 is 0 Å². The smallest absolute Gasteiger partial charge is 0.213 e. The van der Waals surface area contributed by atoms with E-state index in [-0.39, 0.29) is 24.0 Å². The minimum absolute atomic E-state index is 0. The van der Waals surface area contributed by atoms with Gasteiger partial charge in [-0.05, 0) is 43.5 Å². The highest BCUT2D eigenvalue weighted by atomic mass is 127. The molecule has 8 heteroatoms. The number of hydrogen-bond donors (Lipinski definition) is 2. The highest BCUT2D eigenvalue weighted by Gasteiger charge is 2.17. The maximum atomic E-state index is 6.15. The van der Waals surface area contributed by atoms with E-state index in [9.17, 15) is 0 Å². The zero-order valence-corrected chi connectivity index (χ0v) is 20.8. The number of hydrogen-bond acceptors (Lipinski definition) is 5. The van der Waals surface area contributed by atoms with Gasteiger partial charge in [-0.1, -0.05) is 12.1 Å². The molecule has 1 atom stereocenters. The molecule has 1 unspecified atom stereocenters. The summed E-state index contributed by atoms with van der Waals surface area (Å²) in [6.07, 6.45) is 2.80. The molecule has 1 aliphatic heterocycles. The number of benzene rings is 1. The normalized spacial score (nSPS) is 15.8. The summed E-state index contributed by atoms with van der Waals surface area (Å²) in [6, 6.07) is 10.1. The minimum atomic E-state index is 0. The molecule has 1 aliphatic rings. The van der Waals surface area contributed by atoms with Gasteiger partial charge in [-0.15, -0.1) is 24.0 Å². The molecule has 1 saturated heterocycles. The first-order chi connectivity index (χ1) is 14.7. The van der Waals surface area contributed by atoms with E-state index in [4.69, 9.17) is 14.2 Å². The average Bonchev–Trinajstić information content (AvgIpc) is 3.29. The third kappa shape index (κ3) is 8.17. The second kappa shape index (κ2) is 13.4. The van der Waals surface area contributed by atoms with Crippen molar-refractivity contribution < 1.29 is 14.2 Å². The number of aliphatic imine (C=N–C) groups is 1. The van der Waals surface area contributed by atoms with Crippen LogP contribution in [-0.4, -0.2) is 44.4 Å². The molecule has 3 rings (SSSR count). The van der Waals surface area contributed by atoms with Crippen LogP contribution in [0.25, 0.3) is 0 Å². The van der Waals surface area contributed by atoms with Crippen molar-refractivity contribution >= 4 is 29.9 Å². The summed E-state index contributed by atoms with van der Waals surface area (Å²) < 4.78 is 16.8. The van der Waals surface area contributed by atoms with E-state index in [2.05, 4.69) is 52.7 Å². The molecule has 170 valence electrons. The van der Waals surface area contributed by atoms with E-state index in [1.165, 1.54) is 5.56 Å². The summed E-state index contributed by atoms with van der Waals surface area (Å²) in [6.45, 7) is 8.39. The second-order valence-electron chi connectivity index (χ2n) is 7.41. The molecule has 2 N–H and O–H groups in total. The van der Waals surface area contributed by atoms with Crippen LogP contribution in [0, 0.1) is 12.8 Å². The van der Waals surface area contributed by atoms with E-state index in [1.807, 2.05) is 12.1 Å². The fraction of sp³-hybridized carbons (Fsp3) is 0.478. The SMILES string of the molecule is CCNC(=NCc1ccnc(OC)c1)NCc1ccc(C)cc1OCC1CCOC1.I. The van der Waals surface area contributed by atoms with Crippen molar-refractivity contribution in [2.75, 3.05) is 33.5 Å². The maximum absolute atomic E-state index is 6.15. The summed E-state index contributed by atoms with van der Waals surface area (Å²) in [4.78, 5) is 8.82. The zero-order chi connectivity index (χ0) is 21.2. The number of ether oxygens (including phenoxy) is 3. The molecule has 7 nitrogen and oxygen atoms in total. The Kier molecular flexibility index (Phi) is 10.9. The predicted octanol–water partition coefficient (Wildman–Crippen LogP) is 3.69. The third-order valence-corrected chi connectivity index (χ3v) is 4.94. The number of halogens is 1. The van der Waals surface area contributed by atoms with E-state index in [1.54, 1.807) is 13.3 Å². The second-order valence-corrected chi connectivity index (χ2v) is 7.41. The lowest BCUT2D eigenvalue weighted by Crippen LogP contribution is -2.36. The highest BCUT2D eigenvalue weighted by molar-refractivity contribution is 14.0. The maximum Gasteiger partial charge on any atom is 0.213 e. The quantitative estimate of drug-likeness (QED) is 0.287. The monoisotopic (exact) mass is 540 g/mol. The molecular weight excluding hydrogens is 507 g/mol. The van der Waals surface area contributed by atoms with Gasteiger partial charge in [-0.3, -0.25) is 0 Å². The minimum Gasteiger partial charge on any atom is -0.493 e. The van der Waals surface area contributed by atoms with Gasteiger partial charge in [0.1, 0.15) is 5.75 Å². The van der Waals surface area contributed by atoms with Gasteiger partial charge < -0.3 is 24.8 Å². The topological polar surface area (TPSA) is 77.0 Å². The van der Waals surface area contributed by atoms with Crippen LogP contribution < -0.4 is 20.1 Å². The Bertz CT molecular complexity index is 841. The van der Waals surface area contributed by atoms with Crippen LogP contribution in [0.15, 0.2) is 41.5 Å². The van der Waals surface area contributed by atoms with Gasteiger partial charge in [-0.2, -0.15) is 0 Å². The van der Waals surface area contributed by atoms with Crippen molar-refractivity contribution in [3.63, 3.8) is 0 Å². The summed E-state index contributed by atoms with van der Waals surface area (Å²) in [5, 5.41) is 6.70. The molecular formula is C23H33IN4O3. The van der Waals surface area contributed by atoms with Crippen molar-refractivity contribution in [3.05, 3.63) is 53.2 Å². The van der Waals surface area contributed by atoms with E-state index in [0.717, 1.165) is 49.0 Å². The fourth-order valence-corrected chi connectivity index (χ4v) is 3.22. The third-order valence-electron chi connectivity index (χ3n) is 4.94. The van der Waals surface area contributed by atoms with Crippen LogP contribution in [0.1, 0.15) is 30.0 Å².